The molecule has 8 rings (SSSR count). The van der Waals surface area contributed by atoms with Gasteiger partial charge in [-0.2, -0.15) is 0 Å². The van der Waals surface area contributed by atoms with Crippen LogP contribution >= 0.6 is 45.8 Å². The Bertz CT molecular complexity index is 344. The molecule has 0 amide bonds. The summed E-state index contributed by atoms with van der Waals surface area (Å²) in [6.45, 7) is 0. The molecular formula is C21H33Cl2I. The van der Waals surface area contributed by atoms with E-state index in [1.54, 1.807) is 77.0 Å². The third kappa shape index (κ3) is 4.24. The lowest BCUT2D eigenvalue weighted by Crippen LogP contribution is -2.46. The molecule has 138 valence electrons. The van der Waals surface area contributed by atoms with E-state index in [9.17, 15) is 0 Å². The molecule has 0 N–H and O–H groups in total. The Morgan fingerprint density at radius 2 is 0.750 bits per heavy atom. The Balaban J connectivity index is 0.000000105. The van der Waals surface area contributed by atoms with Gasteiger partial charge in [0.2, 0.25) is 0 Å². The van der Waals surface area contributed by atoms with Gasteiger partial charge in [0.05, 0.1) is 5.34 Å². The standard InChI is InChI=1S/C10H15I.C10H16.CH2Cl2/c11-10-4-7-1-8(5-10)3-9(2-7)6-10;1-7-2-9-4-8(1)5-10(3-7)6-9;2-1-3/h7-9H,1-6H2;7-10H,1-6H2;1H2. The van der Waals surface area contributed by atoms with E-state index < -0.39 is 0 Å². The maximum absolute atomic E-state index is 4.76. The van der Waals surface area contributed by atoms with Crippen molar-refractivity contribution in [2.24, 2.45) is 41.4 Å². The number of alkyl halides is 3. The van der Waals surface area contributed by atoms with Crippen LogP contribution in [-0.2, 0) is 0 Å². The molecule has 8 aliphatic rings. The summed E-state index contributed by atoms with van der Waals surface area (Å²) >= 11 is 12.3. The fourth-order valence-electron chi connectivity index (χ4n) is 7.99. The summed E-state index contributed by atoms with van der Waals surface area (Å²) in [4.78, 5) is 0. The first-order chi connectivity index (χ1) is 11.5. The first kappa shape index (κ1) is 18.7. The summed E-state index contributed by atoms with van der Waals surface area (Å²) in [7, 11) is 0. The van der Waals surface area contributed by atoms with Gasteiger partial charge in [0, 0.05) is 3.42 Å². The van der Waals surface area contributed by atoms with Crippen molar-refractivity contribution in [1.82, 2.24) is 0 Å². The van der Waals surface area contributed by atoms with Gasteiger partial charge in [0.1, 0.15) is 0 Å². The number of hydrogen-bond donors (Lipinski definition) is 0. The fourth-order valence-corrected chi connectivity index (χ4v) is 9.86. The van der Waals surface area contributed by atoms with E-state index in [4.69, 9.17) is 23.2 Å². The van der Waals surface area contributed by atoms with Crippen molar-refractivity contribution in [2.45, 2.75) is 80.5 Å². The lowest BCUT2D eigenvalue weighted by atomic mass is 9.56. The van der Waals surface area contributed by atoms with Gasteiger partial charge in [-0.25, -0.2) is 0 Å². The van der Waals surface area contributed by atoms with Gasteiger partial charge >= 0.3 is 0 Å². The third-order valence-electron chi connectivity index (χ3n) is 7.96. The van der Waals surface area contributed by atoms with Crippen molar-refractivity contribution in [2.75, 3.05) is 5.34 Å². The minimum atomic E-state index is 0.194. The van der Waals surface area contributed by atoms with Crippen molar-refractivity contribution >= 4 is 45.8 Å². The molecule has 0 aromatic heterocycles. The van der Waals surface area contributed by atoms with E-state index in [0.29, 0.717) is 0 Å². The lowest BCUT2D eigenvalue weighted by molar-refractivity contribution is 0.0198. The van der Waals surface area contributed by atoms with Crippen LogP contribution in [-0.4, -0.2) is 8.76 Å². The molecule has 0 nitrogen and oxygen atoms in total. The van der Waals surface area contributed by atoms with Crippen LogP contribution in [0.4, 0.5) is 0 Å². The first-order valence-electron chi connectivity index (χ1n) is 10.4. The van der Waals surface area contributed by atoms with Gasteiger partial charge in [0.25, 0.3) is 0 Å². The van der Waals surface area contributed by atoms with E-state index in [0.717, 1.165) is 21.2 Å². The molecule has 8 fully saturated rings. The molecule has 0 atom stereocenters. The average Bonchev–Trinajstić information content (AvgIpc) is 2.44. The molecule has 0 saturated heterocycles. The van der Waals surface area contributed by atoms with E-state index in [-0.39, 0.29) is 5.34 Å². The highest BCUT2D eigenvalue weighted by Gasteiger charge is 2.49. The molecule has 24 heavy (non-hydrogen) atoms. The molecule has 3 heteroatoms. The van der Waals surface area contributed by atoms with Crippen molar-refractivity contribution in [3.05, 3.63) is 0 Å². The second kappa shape index (κ2) is 7.74. The third-order valence-corrected chi connectivity index (χ3v) is 9.28. The highest BCUT2D eigenvalue weighted by atomic mass is 127. The molecule has 8 aliphatic carbocycles. The van der Waals surface area contributed by atoms with E-state index in [1.807, 2.05) is 0 Å². The van der Waals surface area contributed by atoms with Crippen molar-refractivity contribution in [3.63, 3.8) is 0 Å². The Morgan fingerprint density at radius 3 is 0.958 bits per heavy atom. The summed E-state index contributed by atoms with van der Waals surface area (Å²) in [6, 6.07) is 0. The first-order valence-corrected chi connectivity index (χ1v) is 12.5. The monoisotopic (exact) mass is 482 g/mol. The minimum Gasteiger partial charge on any atom is -0.109 e. The number of rotatable bonds is 0. The zero-order chi connectivity index (χ0) is 16.7. The van der Waals surface area contributed by atoms with Gasteiger partial charge < -0.3 is 0 Å². The molecular weight excluding hydrogens is 450 g/mol. The predicted molar refractivity (Wildman–Crippen MR) is 113 cm³/mol. The van der Waals surface area contributed by atoms with Gasteiger partial charge in [-0.3, -0.25) is 0 Å². The maximum Gasteiger partial charge on any atom is 0.0967 e. The summed E-state index contributed by atoms with van der Waals surface area (Å²) < 4.78 is 0.770. The van der Waals surface area contributed by atoms with Gasteiger partial charge in [-0.1, -0.05) is 22.6 Å². The second-order valence-corrected chi connectivity index (χ2v) is 13.1. The van der Waals surface area contributed by atoms with E-state index in [2.05, 4.69) is 22.6 Å². The second-order valence-electron chi connectivity index (χ2n) is 10.0. The number of halogens is 3. The fraction of sp³-hybridized carbons (Fsp3) is 1.00. The van der Waals surface area contributed by atoms with Crippen LogP contribution < -0.4 is 0 Å². The Hall–Kier alpha value is 1.31. The Morgan fingerprint density at radius 1 is 0.542 bits per heavy atom. The predicted octanol–water partition coefficient (Wildman–Crippen LogP) is 7.64. The van der Waals surface area contributed by atoms with Gasteiger partial charge in [-0.15, -0.1) is 23.2 Å². The highest BCUT2D eigenvalue weighted by Crippen LogP contribution is 2.59. The highest BCUT2D eigenvalue weighted by molar-refractivity contribution is 14.1. The maximum atomic E-state index is 4.76. The number of hydrogen-bond acceptors (Lipinski definition) is 0. The van der Waals surface area contributed by atoms with Crippen LogP contribution in [0.3, 0.4) is 0 Å². The lowest BCUT2D eigenvalue weighted by Gasteiger charge is -2.54. The molecule has 0 aliphatic heterocycles. The Kier molecular flexibility index (Phi) is 6.02. The van der Waals surface area contributed by atoms with Crippen molar-refractivity contribution in [3.8, 4) is 0 Å². The van der Waals surface area contributed by atoms with Gasteiger partial charge in [0.15, 0.2) is 0 Å². The topological polar surface area (TPSA) is 0 Å². The largest absolute Gasteiger partial charge is 0.109 e. The van der Waals surface area contributed by atoms with Crippen molar-refractivity contribution in [1.29, 1.82) is 0 Å². The van der Waals surface area contributed by atoms with Crippen LogP contribution in [0, 0.1) is 41.4 Å². The summed E-state index contributed by atoms with van der Waals surface area (Å²) in [6.07, 6.45) is 19.0. The normalized spacial score (nSPS) is 52.4. The van der Waals surface area contributed by atoms with Crippen LogP contribution in [0.15, 0.2) is 0 Å². The van der Waals surface area contributed by atoms with Crippen molar-refractivity contribution < 1.29 is 0 Å². The van der Waals surface area contributed by atoms with E-state index >= 15 is 0 Å². The smallest absolute Gasteiger partial charge is 0.0967 e. The molecule has 0 radical (unpaired) electrons. The molecule has 8 saturated carbocycles. The summed E-state index contributed by atoms with van der Waals surface area (Å²) in [5, 5.41) is 0.194. The van der Waals surface area contributed by atoms with Crippen LogP contribution in [0.2, 0.25) is 0 Å². The molecule has 0 aromatic rings. The minimum absolute atomic E-state index is 0.194. The Labute approximate surface area is 172 Å². The zero-order valence-electron chi connectivity index (χ0n) is 14.9. The molecule has 0 heterocycles. The van der Waals surface area contributed by atoms with Gasteiger partial charge in [-0.05, 0) is 118 Å². The average molecular weight is 483 g/mol. The summed E-state index contributed by atoms with van der Waals surface area (Å²) in [5.41, 5.74) is 0. The van der Waals surface area contributed by atoms with Crippen LogP contribution in [0.25, 0.3) is 0 Å². The van der Waals surface area contributed by atoms with E-state index in [1.165, 1.54) is 23.7 Å². The molecule has 0 aromatic carbocycles. The molecule has 0 unspecified atom stereocenters. The van der Waals surface area contributed by atoms with Crippen LogP contribution in [0.5, 0.6) is 0 Å². The SMILES string of the molecule is C1C2CC3CC1CC(C2)C3.ClCCl.IC12CC3CC(CC(C3)C1)C2. The summed E-state index contributed by atoms with van der Waals surface area (Å²) in [5.74, 6) is 8.12. The zero-order valence-corrected chi connectivity index (χ0v) is 18.5. The molecule has 8 bridgehead atoms. The quantitative estimate of drug-likeness (QED) is 0.245. The molecule has 0 spiro atoms. The van der Waals surface area contributed by atoms with Crippen LogP contribution in [0.1, 0.15) is 77.0 Å².